The molecule has 0 spiro atoms. The molecule has 1 aliphatic heterocycles. The molecular formula is C20H22ClFN4O. The number of nitrogens with one attached hydrogen (secondary N) is 1. The van der Waals surface area contributed by atoms with Crippen LogP contribution in [0, 0.1) is 5.82 Å². The van der Waals surface area contributed by atoms with Gasteiger partial charge in [-0.25, -0.2) is 9.82 Å². The molecule has 1 amide bonds. The molecule has 0 aliphatic carbocycles. The Hall–Kier alpha value is -2.28. The lowest BCUT2D eigenvalue weighted by Gasteiger charge is -2.34. The summed E-state index contributed by atoms with van der Waals surface area (Å²) < 4.78 is 13.6. The van der Waals surface area contributed by atoms with E-state index in [0.717, 1.165) is 32.7 Å². The number of hydrogen-bond donors (Lipinski definition) is 1. The highest BCUT2D eigenvalue weighted by Crippen LogP contribution is 2.16. The largest absolute Gasteiger partial charge is 0.297 e. The van der Waals surface area contributed by atoms with E-state index in [1.165, 1.54) is 23.9 Å². The summed E-state index contributed by atoms with van der Waals surface area (Å²) in [5, 5.41) is 4.07. The molecule has 0 saturated carbocycles. The summed E-state index contributed by atoms with van der Waals surface area (Å²) in [6.45, 7) is 4.66. The molecule has 1 fully saturated rings. The van der Waals surface area contributed by atoms with Gasteiger partial charge in [0.05, 0.1) is 17.8 Å². The van der Waals surface area contributed by atoms with Crippen molar-refractivity contribution in [2.24, 2.45) is 5.10 Å². The number of benzene rings is 2. The van der Waals surface area contributed by atoms with Crippen LogP contribution in [-0.2, 0) is 11.3 Å². The molecule has 1 N–H and O–H groups in total. The molecule has 1 saturated heterocycles. The predicted octanol–water partition coefficient (Wildman–Crippen LogP) is 2.75. The van der Waals surface area contributed by atoms with Crippen molar-refractivity contribution in [2.45, 2.75) is 6.54 Å². The highest BCUT2D eigenvalue weighted by Gasteiger charge is 2.18. The molecule has 142 valence electrons. The lowest BCUT2D eigenvalue weighted by molar-refractivity contribution is -0.122. The maximum absolute atomic E-state index is 13.6. The van der Waals surface area contributed by atoms with Gasteiger partial charge in [-0.3, -0.25) is 14.6 Å². The zero-order valence-corrected chi connectivity index (χ0v) is 15.7. The molecule has 0 bridgehead atoms. The number of hydrazone groups is 1. The Bertz CT molecular complexity index is 772. The van der Waals surface area contributed by atoms with Gasteiger partial charge in [0.15, 0.2) is 0 Å². The van der Waals surface area contributed by atoms with Crippen molar-refractivity contribution in [2.75, 3.05) is 32.7 Å². The van der Waals surface area contributed by atoms with Gasteiger partial charge < -0.3 is 0 Å². The van der Waals surface area contributed by atoms with E-state index in [4.69, 9.17) is 11.6 Å². The minimum Gasteiger partial charge on any atom is -0.297 e. The molecule has 27 heavy (non-hydrogen) atoms. The second-order valence-corrected chi connectivity index (χ2v) is 6.87. The zero-order valence-electron chi connectivity index (χ0n) is 14.9. The van der Waals surface area contributed by atoms with Crippen LogP contribution in [0.3, 0.4) is 0 Å². The SMILES string of the molecule is O=C(CN1CCN(Cc2ccccc2)CC1)NN=Cc1c(F)cccc1Cl. The molecule has 1 heterocycles. The van der Waals surface area contributed by atoms with E-state index in [-0.39, 0.29) is 23.0 Å². The summed E-state index contributed by atoms with van der Waals surface area (Å²) >= 11 is 5.92. The van der Waals surface area contributed by atoms with Crippen LogP contribution in [0.25, 0.3) is 0 Å². The highest BCUT2D eigenvalue weighted by molar-refractivity contribution is 6.33. The van der Waals surface area contributed by atoms with Crippen molar-refractivity contribution in [1.29, 1.82) is 0 Å². The first kappa shape index (κ1) is 19.5. The monoisotopic (exact) mass is 388 g/mol. The third-order valence-electron chi connectivity index (χ3n) is 4.46. The molecule has 3 rings (SSSR count). The molecule has 1 aliphatic rings. The molecule has 0 atom stereocenters. The normalized spacial score (nSPS) is 15.9. The zero-order chi connectivity index (χ0) is 19.1. The van der Waals surface area contributed by atoms with Gasteiger partial charge in [0.2, 0.25) is 0 Å². The Morgan fingerprint density at radius 2 is 1.78 bits per heavy atom. The minimum absolute atomic E-state index is 0.161. The standard InChI is InChI=1S/C20H22ClFN4O/c21-18-7-4-8-19(22)17(18)13-23-24-20(27)15-26-11-9-25(10-12-26)14-16-5-2-1-3-6-16/h1-8,13H,9-12,14-15H2,(H,24,27). The fourth-order valence-corrected chi connectivity index (χ4v) is 3.20. The number of rotatable bonds is 6. The van der Waals surface area contributed by atoms with Crippen LogP contribution >= 0.6 is 11.6 Å². The number of piperazine rings is 1. The minimum atomic E-state index is -0.477. The average molecular weight is 389 g/mol. The topological polar surface area (TPSA) is 47.9 Å². The van der Waals surface area contributed by atoms with Gasteiger partial charge in [-0.1, -0.05) is 48.0 Å². The summed E-state index contributed by atoms with van der Waals surface area (Å²) in [5.74, 6) is -0.703. The third-order valence-corrected chi connectivity index (χ3v) is 4.79. The van der Waals surface area contributed by atoms with E-state index >= 15 is 0 Å². The quantitative estimate of drug-likeness (QED) is 0.611. The van der Waals surface area contributed by atoms with Crippen molar-refractivity contribution in [3.63, 3.8) is 0 Å². The molecular weight excluding hydrogens is 367 g/mol. The number of amides is 1. The Labute approximate surface area is 163 Å². The first-order valence-corrected chi connectivity index (χ1v) is 9.24. The van der Waals surface area contributed by atoms with E-state index in [9.17, 15) is 9.18 Å². The third kappa shape index (κ3) is 5.85. The summed E-state index contributed by atoms with van der Waals surface area (Å²) in [4.78, 5) is 16.5. The Balaban J connectivity index is 1.41. The van der Waals surface area contributed by atoms with Crippen LogP contribution in [0.15, 0.2) is 53.6 Å². The van der Waals surface area contributed by atoms with E-state index in [1.54, 1.807) is 6.07 Å². The summed E-state index contributed by atoms with van der Waals surface area (Å²) in [6, 6.07) is 14.7. The van der Waals surface area contributed by atoms with Crippen LogP contribution in [-0.4, -0.2) is 54.6 Å². The number of carbonyl (C=O) groups excluding carboxylic acids is 1. The molecule has 2 aromatic rings. The molecule has 5 nitrogen and oxygen atoms in total. The maximum Gasteiger partial charge on any atom is 0.254 e. The fourth-order valence-electron chi connectivity index (χ4n) is 2.99. The van der Waals surface area contributed by atoms with Crippen LogP contribution in [0.4, 0.5) is 4.39 Å². The Kier molecular flexibility index (Phi) is 6.92. The predicted molar refractivity (Wildman–Crippen MR) is 105 cm³/mol. The van der Waals surface area contributed by atoms with Gasteiger partial charge in [0.1, 0.15) is 5.82 Å². The molecule has 2 aromatic carbocycles. The van der Waals surface area contributed by atoms with Crippen LogP contribution in [0.5, 0.6) is 0 Å². The first-order chi connectivity index (χ1) is 13.1. The van der Waals surface area contributed by atoms with Crippen molar-refractivity contribution >= 4 is 23.7 Å². The van der Waals surface area contributed by atoms with Crippen molar-refractivity contribution in [1.82, 2.24) is 15.2 Å². The lowest BCUT2D eigenvalue weighted by atomic mass is 10.2. The number of nitrogens with zero attached hydrogens (tertiary/aromatic N) is 3. The van der Waals surface area contributed by atoms with Crippen molar-refractivity contribution in [3.8, 4) is 0 Å². The second-order valence-electron chi connectivity index (χ2n) is 6.47. The number of hydrogen-bond acceptors (Lipinski definition) is 4. The van der Waals surface area contributed by atoms with Gasteiger partial charge >= 0.3 is 0 Å². The average Bonchev–Trinajstić information content (AvgIpc) is 2.67. The summed E-state index contributed by atoms with van der Waals surface area (Å²) in [7, 11) is 0. The number of halogens is 2. The van der Waals surface area contributed by atoms with Crippen LogP contribution < -0.4 is 5.43 Å². The highest BCUT2D eigenvalue weighted by atomic mass is 35.5. The Morgan fingerprint density at radius 3 is 2.48 bits per heavy atom. The van der Waals surface area contributed by atoms with E-state index < -0.39 is 5.82 Å². The summed E-state index contributed by atoms with van der Waals surface area (Å²) in [6.07, 6.45) is 1.23. The van der Waals surface area contributed by atoms with Crippen LogP contribution in [0.2, 0.25) is 5.02 Å². The van der Waals surface area contributed by atoms with Gasteiger partial charge in [-0.2, -0.15) is 5.10 Å². The first-order valence-electron chi connectivity index (χ1n) is 8.86. The van der Waals surface area contributed by atoms with Crippen molar-refractivity contribution < 1.29 is 9.18 Å². The van der Waals surface area contributed by atoms with Gasteiger partial charge in [0, 0.05) is 38.3 Å². The fraction of sp³-hybridized carbons (Fsp3) is 0.300. The van der Waals surface area contributed by atoms with Crippen LogP contribution in [0.1, 0.15) is 11.1 Å². The molecule has 0 radical (unpaired) electrons. The van der Waals surface area contributed by atoms with Gasteiger partial charge in [-0.05, 0) is 17.7 Å². The lowest BCUT2D eigenvalue weighted by Crippen LogP contribution is -2.48. The maximum atomic E-state index is 13.6. The van der Waals surface area contributed by atoms with Gasteiger partial charge in [-0.15, -0.1) is 0 Å². The second kappa shape index (κ2) is 9.60. The summed E-state index contributed by atoms with van der Waals surface area (Å²) in [5.41, 5.74) is 3.89. The molecule has 7 heteroatoms. The van der Waals surface area contributed by atoms with E-state index in [1.807, 2.05) is 18.2 Å². The smallest absolute Gasteiger partial charge is 0.254 e. The number of carbonyl (C=O) groups is 1. The van der Waals surface area contributed by atoms with E-state index in [2.05, 4.69) is 32.5 Å². The van der Waals surface area contributed by atoms with E-state index in [0.29, 0.717) is 0 Å². The van der Waals surface area contributed by atoms with Crippen molar-refractivity contribution in [3.05, 3.63) is 70.5 Å². The molecule has 0 aromatic heterocycles. The van der Waals surface area contributed by atoms with Gasteiger partial charge in [0.25, 0.3) is 5.91 Å². The Morgan fingerprint density at radius 1 is 1.07 bits per heavy atom. The molecule has 0 unspecified atom stereocenters.